The third-order valence-electron chi connectivity index (χ3n) is 3.97. The van der Waals surface area contributed by atoms with Crippen LogP contribution in [0.1, 0.15) is 16.8 Å². The average molecular weight is 298 g/mol. The topological polar surface area (TPSA) is 81.2 Å². The van der Waals surface area contributed by atoms with Crippen LogP contribution < -0.4 is 5.73 Å². The molecule has 0 unspecified atom stereocenters. The van der Waals surface area contributed by atoms with E-state index in [2.05, 4.69) is 5.10 Å². The van der Waals surface area contributed by atoms with Crippen LogP contribution in [0.3, 0.4) is 0 Å². The summed E-state index contributed by atoms with van der Waals surface area (Å²) in [5, 5.41) is 4.21. The Kier molecular flexibility index (Phi) is 3.66. The molecular formula is C16H18N4O2. The number of fused-ring (bicyclic) bond motifs is 1. The highest BCUT2D eigenvalue weighted by molar-refractivity contribution is 5.87. The summed E-state index contributed by atoms with van der Waals surface area (Å²) in [6, 6.07) is 9.06. The molecule has 0 spiro atoms. The highest BCUT2D eigenvalue weighted by atomic mass is 16.2. The summed E-state index contributed by atoms with van der Waals surface area (Å²) in [6.45, 7) is 2.38. The second kappa shape index (κ2) is 5.63. The number of carbonyl (C=O) groups excluding carboxylic acids is 2. The molecule has 6 heteroatoms. The monoisotopic (exact) mass is 298 g/mol. The zero-order chi connectivity index (χ0) is 15.7. The third-order valence-corrected chi connectivity index (χ3v) is 3.97. The minimum absolute atomic E-state index is 0.111. The van der Waals surface area contributed by atoms with E-state index in [0.29, 0.717) is 13.0 Å². The number of aryl methyl sites for hydroxylation is 1. The molecule has 1 aromatic carbocycles. The highest BCUT2D eigenvalue weighted by Gasteiger charge is 2.33. The maximum Gasteiger partial charge on any atom is 0.245 e. The first-order valence-electron chi connectivity index (χ1n) is 7.20. The highest BCUT2D eigenvalue weighted by Crippen LogP contribution is 2.23. The van der Waals surface area contributed by atoms with E-state index in [1.54, 1.807) is 15.8 Å². The molecule has 2 amide bonds. The Hall–Kier alpha value is -2.63. The van der Waals surface area contributed by atoms with Gasteiger partial charge in [0.1, 0.15) is 12.6 Å². The van der Waals surface area contributed by atoms with Gasteiger partial charge < -0.3 is 10.6 Å². The fourth-order valence-electron chi connectivity index (χ4n) is 2.82. The van der Waals surface area contributed by atoms with Gasteiger partial charge >= 0.3 is 0 Å². The van der Waals surface area contributed by atoms with Crippen LogP contribution in [0.5, 0.6) is 0 Å². The number of nitrogens with two attached hydrogens (primary N) is 1. The quantitative estimate of drug-likeness (QED) is 0.902. The number of hydrogen-bond acceptors (Lipinski definition) is 3. The van der Waals surface area contributed by atoms with Gasteiger partial charge in [0.25, 0.3) is 0 Å². The van der Waals surface area contributed by atoms with Crippen molar-refractivity contribution in [3.8, 4) is 0 Å². The number of carbonyl (C=O) groups is 2. The summed E-state index contributed by atoms with van der Waals surface area (Å²) in [7, 11) is 0. The van der Waals surface area contributed by atoms with E-state index in [1.807, 2.05) is 37.3 Å². The molecule has 2 heterocycles. The Balaban J connectivity index is 1.84. The van der Waals surface area contributed by atoms with Gasteiger partial charge in [-0.2, -0.15) is 5.10 Å². The number of hydrogen-bond donors (Lipinski definition) is 1. The van der Waals surface area contributed by atoms with Crippen molar-refractivity contribution in [3.05, 3.63) is 53.3 Å². The molecule has 22 heavy (non-hydrogen) atoms. The lowest BCUT2D eigenvalue weighted by molar-refractivity contribution is -0.141. The molecule has 1 aliphatic heterocycles. The minimum atomic E-state index is -0.598. The van der Waals surface area contributed by atoms with Crippen molar-refractivity contribution >= 4 is 11.8 Å². The van der Waals surface area contributed by atoms with Crippen molar-refractivity contribution in [1.82, 2.24) is 14.7 Å². The van der Waals surface area contributed by atoms with Crippen LogP contribution in [0.25, 0.3) is 0 Å². The maximum atomic E-state index is 12.6. The molecule has 2 N–H and O–H groups in total. The van der Waals surface area contributed by atoms with E-state index in [1.165, 1.54) is 0 Å². The van der Waals surface area contributed by atoms with E-state index >= 15 is 0 Å². The zero-order valence-corrected chi connectivity index (χ0v) is 12.4. The number of amides is 2. The summed E-state index contributed by atoms with van der Waals surface area (Å²) >= 11 is 0. The number of primary amides is 1. The van der Waals surface area contributed by atoms with Crippen molar-refractivity contribution < 1.29 is 9.59 Å². The second-order valence-corrected chi connectivity index (χ2v) is 5.57. The fraction of sp³-hybridized carbons (Fsp3) is 0.312. The Morgan fingerprint density at radius 3 is 2.64 bits per heavy atom. The third kappa shape index (κ3) is 2.72. The van der Waals surface area contributed by atoms with Crippen LogP contribution in [0.4, 0.5) is 0 Å². The molecule has 0 fully saturated rings. The molecule has 114 valence electrons. The summed E-state index contributed by atoms with van der Waals surface area (Å²) in [5.41, 5.74) is 8.48. The Morgan fingerprint density at radius 2 is 2.00 bits per heavy atom. The number of benzene rings is 1. The van der Waals surface area contributed by atoms with Gasteiger partial charge in [0.15, 0.2) is 0 Å². The molecule has 0 bridgehead atoms. The lowest BCUT2D eigenvalue weighted by Gasteiger charge is -2.35. The Bertz CT molecular complexity index is 722. The van der Waals surface area contributed by atoms with E-state index in [-0.39, 0.29) is 12.5 Å². The van der Waals surface area contributed by atoms with Crippen molar-refractivity contribution in [2.45, 2.75) is 32.5 Å². The summed E-state index contributed by atoms with van der Waals surface area (Å²) in [5.74, 6) is -0.624. The van der Waals surface area contributed by atoms with Crippen molar-refractivity contribution in [2.75, 3.05) is 0 Å². The normalized spacial score (nSPS) is 17.1. The lowest BCUT2D eigenvalue weighted by Crippen LogP contribution is -2.52. The van der Waals surface area contributed by atoms with E-state index in [0.717, 1.165) is 16.8 Å². The first-order valence-corrected chi connectivity index (χ1v) is 7.20. The van der Waals surface area contributed by atoms with Crippen LogP contribution in [0, 0.1) is 6.92 Å². The smallest absolute Gasteiger partial charge is 0.245 e. The second-order valence-electron chi connectivity index (χ2n) is 5.57. The van der Waals surface area contributed by atoms with Crippen LogP contribution >= 0.6 is 0 Å². The van der Waals surface area contributed by atoms with Gasteiger partial charge in [-0.25, -0.2) is 0 Å². The predicted molar refractivity (Wildman–Crippen MR) is 80.6 cm³/mol. The van der Waals surface area contributed by atoms with Crippen molar-refractivity contribution in [3.63, 3.8) is 0 Å². The molecule has 1 atom stereocenters. The van der Waals surface area contributed by atoms with Crippen LogP contribution in [-0.2, 0) is 29.1 Å². The number of rotatable bonds is 3. The molecule has 2 aromatic rings. The summed E-state index contributed by atoms with van der Waals surface area (Å²) < 4.78 is 1.58. The SMILES string of the molecule is Cc1ccn(CC(=O)N2Cc3ccccc3C[C@H]2C(N)=O)n1. The first-order chi connectivity index (χ1) is 10.5. The molecule has 0 radical (unpaired) electrons. The minimum Gasteiger partial charge on any atom is -0.368 e. The average Bonchev–Trinajstić information content (AvgIpc) is 2.90. The largest absolute Gasteiger partial charge is 0.368 e. The van der Waals surface area contributed by atoms with Gasteiger partial charge in [-0.3, -0.25) is 14.3 Å². The molecule has 3 rings (SSSR count). The molecular weight excluding hydrogens is 280 g/mol. The van der Waals surface area contributed by atoms with Gasteiger partial charge in [0.2, 0.25) is 11.8 Å². The van der Waals surface area contributed by atoms with Gasteiger partial charge in [0, 0.05) is 19.2 Å². The van der Waals surface area contributed by atoms with Crippen molar-refractivity contribution in [2.24, 2.45) is 5.73 Å². The van der Waals surface area contributed by atoms with Crippen LogP contribution in [0.2, 0.25) is 0 Å². The predicted octanol–water partition coefficient (Wildman–Crippen LogP) is 0.630. The lowest BCUT2D eigenvalue weighted by atomic mass is 9.93. The van der Waals surface area contributed by atoms with Gasteiger partial charge in [0.05, 0.1) is 5.69 Å². The molecule has 6 nitrogen and oxygen atoms in total. The van der Waals surface area contributed by atoms with Crippen molar-refractivity contribution in [1.29, 1.82) is 0 Å². The molecule has 0 saturated heterocycles. The first kappa shape index (κ1) is 14.3. The molecule has 1 aromatic heterocycles. The fourth-order valence-corrected chi connectivity index (χ4v) is 2.82. The maximum absolute atomic E-state index is 12.6. The zero-order valence-electron chi connectivity index (χ0n) is 12.4. The standard InChI is InChI=1S/C16H18N4O2/c1-11-6-7-19(18-11)10-15(21)20-9-13-5-3-2-4-12(13)8-14(20)16(17)22/h2-7,14H,8-10H2,1H3,(H2,17,22)/t14-/m0/s1. The molecule has 0 saturated carbocycles. The molecule has 1 aliphatic rings. The number of nitrogens with zero attached hydrogens (tertiary/aromatic N) is 3. The van der Waals surface area contributed by atoms with Crippen LogP contribution in [-0.4, -0.2) is 32.5 Å². The Morgan fingerprint density at radius 1 is 1.27 bits per heavy atom. The van der Waals surface area contributed by atoms with Gasteiger partial charge in [-0.1, -0.05) is 24.3 Å². The Labute approximate surface area is 128 Å². The van der Waals surface area contributed by atoms with E-state index in [4.69, 9.17) is 5.73 Å². The number of aromatic nitrogens is 2. The summed E-state index contributed by atoms with van der Waals surface area (Å²) in [4.78, 5) is 25.9. The van der Waals surface area contributed by atoms with Crippen LogP contribution in [0.15, 0.2) is 36.5 Å². The molecule has 0 aliphatic carbocycles. The van der Waals surface area contributed by atoms with Gasteiger partial charge in [-0.05, 0) is 24.1 Å². The summed E-state index contributed by atoms with van der Waals surface area (Å²) in [6.07, 6.45) is 2.22. The van der Waals surface area contributed by atoms with E-state index < -0.39 is 11.9 Å². The van der Waals surface area contributed by atoms with Gasteiger partial charge in [-0.15, -0.1) is 0 Å². The van der Waals surface area contributed by atoms with E-state index in [9.17, 15) is 9.59 Å².